The predicted molar refractivity (Wildman–Crippen MR) is 132 cm³/mol. The number of benzene rings is 1. The number of Topliss-reactive ketones (excluding diaryl/α,β-unsaturated/α-hetero) is 2. The summed E-state index contributed by atoms with van der Waals surface area (Å²) < 4.78 is 10.7. The molecule has 0 fully saturated rings. The highest BCUT2D eigenvalue weighted by molar-refractivity contribution is 6.17. The van der Waals surface area contributed by atoms with Crippen LogP contribution < -0.4 is 4.74 Å². The number of carbonyl (C=O) groups excluding carboxylic acids is 4. The zero-order valence-corrected chi connectivity index (χ0v) is 21.5. The summed E-state index contributed by atoms with van der Waals surface area (Å²) in [6.45, 7) is 7.71. The van der Waals surface area contributed by atoms with Gasteiger partial charge in [0.25, 0.3) is 0 Å². The standard InChI is InChI=1S/C27H40O8/c1-5-9-13-17-34-27(33)23-21(18(28)14-10-6-2)24(31)25(32)26(35-20(30)16-12-8-4)22(23)19(29)15-11-7-3/h31-32H,5-17H2,1-4H3. The highest BCUT2D eigenvalue weighted by Crippen LogP contribution is 2.46. The lowest BCUT2D eigenvalue weighted by Gasteiger charge is -2.20. The molecule has 0 amide bonds. The van der Waals surface area contributed by atoms with Gasteiger partial charge >= 0.3 is 11.9 Å². The van der Waals surface area contributed by atoms with Crippen LogP contribution in [0.25, 0.3) is 0 Å². The number of phenols is 2. The second-order valence-corrected chi connectivity index (χ2v) is 8.63. The van der Waals surface area contributed by atoms with E-state index >= 15 is 0 Å². The van der Waals surface area contributed by atoms with Crippen molar-refractivity contribution in [3.63, 3.8) is 0 Å². The van der Waals surface area contributed by atoms with Crippen LogP contribution >= 0.6 is 0 Å². The van der Waals surface area contributed by atoms with Gasteiger partial charge in [0.1, 0.15) is 0 Å². The van der Waals surface area contributed by atoms with E-state index in [9.17, 15) is 29.4 Å². The minimum absolute atomic E-state index is 0.00106. The van der Waals surface area contributed by atoms with E-state index in [1.165, 1.54) is 0 Å². The molecule has 0 aliphatic heterocycles. The fourth-order valence-corrected chi connectivity index (χ4v) is 3.54. The Morgan fingerprint density at radius 2 is 1.14 bits per heavy atom. The van der Waals surface area contributed by atoms with Gasteiger partial charge in [-0.05, 0) is 25.7 Å². The summed E-state index contributed by atoms with van der Waals surface area (Å²) in [5.41, 5.74) is -1.30. The Morgan fingerprint density at radius 1 is 0.629 bits per heavy atom. The highest BCUT2D eigenvalue weighted by Gasteiger charge is 2.36. The van der Waals surface area contributed by atoms with E-state index in [1.54, 1.807) is 0 Å². The molecule has 1 aromatic carbocycles. The number of phenolic OH excluding ortho intramolecular Hbond substituents is 2. The first-order valence-corrected chi connectivity index (χ1v) is 12.8. The average Bonchev–Trinajstić information content (AvgIpc) is 2.84. The van der Waals surface area contributed by atoms with E-state index in [0.717, 1.165) is 19.3 Å². The number of hydrogen-bond donors (Lipinski definition) is 2. The normalized spacial score (nSPS) is 10.7. The van der Waals surface area contributed by atoms with Crippen LogP contribution in [0.4, 0.5) is 0 Å². The Balaban J connectivity index is 3.77. The van der Waals surface area contributed by atoms with Gasteiger partial charge in [0.2, 0.25) is 5.75 Å². The summed E-state index contributed by atoms with van der Waals surface area (Å²) in [7, 11) is 0. The molecule has 0 heterocycles. The largest absolute Gasteiger partial charge is 0.504 e. The Bertz CT molecular complexity index is 888. The van der Waals surface area contributed by atoms with Crippen LogP contribution in [0, 0.1) is 0 Å². The molecule has 0 aliphatic carbocycles. The lowest BCUT2D eigenvalue weighted by Crippen LogP contribution is -2.21. The lowest BCUT2D eigenvalue weighted by molar-refractivity contribution is -0.134. The molecular formula is C27H40O8. The number of hydrogen-bond acceptors (Lipinski definition) is 8. The van der Waals surface area contributed by atoms with E-state index in [0.29, 0.717) is 38.5 Å². The van der Waals surface area contributed by atoms with Crippen molar-refractivity contribution in [3.8, 4) is 17.2 Å². The maximum atomic E-state index is 13.3. The van der Waals surface area contributed by atoms with Crippen LogP contribution in [-0.2, 0) is 9.53 Å². The molecule has 196 valence electrons. The van der Waals surface area contributed by atoms with Crippen LogP contribution in [0.1, 0.15) is 136 Å². The maximum absolute atomic E-state index is 13.3. The summed E-state index contributed by atoms with van der Waals surface area (Å²) in [5.74, 6) is -5.27. The summed E-state index contributed by atoms with van der Waals surface area (Å²) in [6, 6.07) is 0. The van der Waals surface area contributed by atoms with Gasteiger partial charge in [0, 0.05) is 19.3 Å². The molecule has 0 aliphatic rings. The molecule has 1 rings (SSSR count). The summed E-state index contributed by atoms with van der Waals surface area (Å²) in [4.78, 5) is 51.9. The van der Waals surface area contributed by atoms with Crippen molar-refractivity contribution in [3.05, 3.63) is 16.7 Å². The molecule has 8 nitrogen and oxygen atoms in total. The first kappa shape index (κ1) is 30.1. The van der Waals surface area contributed by atoms with Crippen molar-refractivity contribution in [2.24, 2.45) is 0 Å². The molecule has 2 N–H and O–H groups in total. The fraction of sp³-hybridized carbons (Fsp3) is 0.630. The van der Waals surface area contributed by atoms with Crippen molar-refractivity contribution in [2.45, 2.75) is 105 Å². The van der Waals surface area contributed by atoms with Crippen molar-refractivity contribution in [1.82, 2.24) is 0 Å². The summed E-state index contributed by atoms with van der Waals surface area (Å²) in [5, 5.41) is 21.5. The molecule has 1 aromatic rings. The van der Waals surface area contributed by atoms with Crippen molar-refractivity contribution >= 4 is 23.5 Å². The van der Waals surface area contributed by atoms with Gasteiger partial charge in [-0.2, -0.15) is 0 Å². The van der Waals surface area contributed by atoms with Crippen LogP contribution in [0.2, 0.25) is 0 Å². The van der Waals surface area contributed by atoms with E-state index in [4.69, 9.17) is 9.47 Å². The third-order valence-corrected chi connectivity index (χ3v) is 5.61. The molecule has 0 saturated heterocycles. The number of ketones is 2. The monoisotopic (exact) mass is 492 g/mol. The van der Waals surface area contributed by atoms with Crippen LogP contribution in [0.3, 0.4) is 0 Å². The zero-order valence-electron chi connectivity index (χ0n) is 21.5. The first-order valence-electron chi connectivity index (χ1n) is 12.8. The van der Waals surface area contributed by atoms with Gasteiger partial charge in [-0.25, -0.2) is 4.79 Å². The molecule has 0 spiro atoms. The molecule has 0 saturated carbocycles. The van der Waals surface area contributed by atoms with E-state index in [2.05, 4.69) is 0 Å². The molecule has 0 aromatic heterocycles. The Morgan fingerprint density at radius 3 is 1.69 bits per heavy atom. The predicted octanol–water partition coefficient (Wildman–Crippen LogP) is 6.29. The minimum atomic E-state index is -0.970. The Labute approximate surface area is 208 Å². The molecule has 0 radical (unpaired) electrons. The zero-order chi connectivity index (χ0) is 26.4. The second-order valence-electron chi connectivity index (χ2n) is 8.63. The number of aromatic hydroxyl groups is 2. The molecular weight excluding hydrogens is 452 g/mol. The number of unbranched alkanes of at least 4 members (excludes halogenated alkanes) is 5. The van der Waals surface area contributed by atoms with Crippen molar-refractivity contribution in [1.29, 1.82) is 0 Å². The topological polar surface area (TPSA) is 127 Å². The van der Waals surface area contributed by atoms with Crippen molar-refractivity contribution < 1.29 is 38.9 Å². The van der Waals surface area contributed by atoms with Crippen molar-refractivity contribution in [2.75, 3.05) is 6.61 Å². The Kier molecular flexibility index (Phi) is 13.7. The third kappa shape index (κ3) is 8.67. The third-order valence-electron chi connectivity index (χ3n) is 5.61. The van der Waals surface area contributed by atoms with Gasteiger partial charge in [-0.1, -0.05) is 59.8 Å². The Hall–Kier alpha value is -2.90. The van der Waals surface area contributed by atoms with Gasteiger partial charge in [-0.3, -0.25) is 14.4 Å². The average molecular weight is 493 g/mol. The van der Waals surface area contributed by atoms with Gasteiger partial charge in [0.15, 0.2) is 23.1 Å². The second kappa shape index (κ2) is 15.9. The van der Waals surface area contributed by atoms with Crippen LogP contribution in [0.15, 0.2) is 0 Å². The van der Waals surface area contributed by atoms with Crippen LogP contribution in [-0.4, -0.2) is 40.3 Å². The van der Waals surface area contributed by atoms with E-state index in [-0.39, 0.29) is 31.4 Å². The van der Waals surface area contributed by atoms with E-state index < -0.39 is 51.9 Å². The summed E-state index contributed by atoms with van der Waals surface area (Å²) in [6.07, 6.45) is 5.89. The lowest BCUT2D eigenvalue weighted by atomic mass is 9.90. The smallest absolute Gasteiger partial charge is 0.339 e. The quantitative estimate of drug-likeness (QED) is 0.0854. The van der Waals surface area contributed by atoms with Gasteiger partial charge in [0.05, 0.1) is 23.3 Å². The molecule has 0 atom stereocenters. The number of carbonyl (C=O) groups is 4. The molecule has 0 unspecified atom stereocenters. The fourth-order valence-electron chi connectivity index (χ4n) is 3.54. The van der Waals surface area contributed by atoms with E-state index in [1.807, 2.05) is 27.7 Å². The van der Waals surface area contributed by atoms with Gasteiger partial charge < -0.3 is 19.7 Å². The number of rotatable bonds is 17. The first-order chi connectivity index (χ1) is 16.7. The van der Waals surface area contributed by atoms with Gasteiger partial charge in [-0.15, -0.1) is 0 Å². The summed E-state index contributed by atoms with van der Waals surface area (Å²) >= 11 is 0. The highest BCUT2D eigenvalue weighted by atomic mass is 16.5. The van der Waals surface area contributed by atoms with Crippen LogP contribution in [0.5, 0.6) is 17.2 Å². The molecule has 0 bridgehead atoms. The number of ether oxygens (including phenoxy) is 2. The molecule has 35 heavy (non-hydrogen) atoms. The SMILES string of the molecule is CCCCCOC(=O)c1c(C(=O)CCCC)c(O)c(O)c(OC(=O)CCCC)c1C(=O)CCCC. The number of esters is 2. The maximum Gasteiger partial charge on any atom is 0.339 e. The minimum Gasteiger partial charge on any atom is -0.504 e. The molecule has 8 heteroatoms.